The molecule has 0 fully saturated rings. The van der Waals surface area contributed by atoms with Gasteiger partial charge in [0, 0.05) is 0 Å². The van der Waals surface area contributed by atoms with E-state index in [1.807, 2.05) is 19.1 Å². The van der Waals surface area contributed by atoms with Gasteiger partial charge in [-0.2, -0.15) is 0 Å². The van der Waals surface area contributed by atoms with Crippen LogP contribution in [0.15, 0.2) is 36.4 Å². The highest BCUT2D eigenvalue weighted by Gasteiger charge is 2.19. The maximum Gasteiger partial charge on any atom is 0.311 e. The van der Waals surface area contributed by atoms with Crippen molar-refractivity contribution >= 4 is 28.7 Å². The molecule has 2 aromatic carbocycles. The Morgan fingerprint density at radius 1 is 1.25 bits per heavy atom. The predicted molar refractivity (Wildman–Crippen MR) is 79.1 cm³/mol. The van der Waals surface area contributed by atoms with E-state index in [1.54, 1.807) is 25.3 Å². The number of halogens is 1. The molecular formula is C14H13ClN2O3. The number of benzene rings is 2. The minimum absolute atomic E-state index is 0.0895. The molecule has 0 radical (unpaired) electrons. The molecule has 6 heteroatoms. The standard InChI is InChI=1S/C14H13ClN2O3/c1-9-6-7-13(20-2)12(8-9)16-11-5-3-4-10(15)14(11)17(18)19/h3-8,16H,1-2H3. The first-order valence-corrected chi connectivity index (χ1v) is 6.25. The first-order chi connectivity index (χ1) is 9.52. The van der Waals surface area contributed by atoms with Gasteiger partial charge in [-0.05, 0) is 36.8 Å². The summed E-state index contributed by atoms with van der Waals surface area (Å²) in [6.45, 7) is 1.93. The molecule has 0 spiro atoms. The van der Waals surface area contributed by atoms with Gasteiger partial charge >= 0.3 is 5.69 Å². The normalized spacial score (nSPS) is 10.2. The van der Waals surface area contributed by atoms with Crippen molar-refractivity contribution in [2.45, 2.75) is 6.92 Å². The van der Waals surface area contributed by atoms with Crippen LogP contribution in [-0.4, -0.2) is 12.0 Å². The van der Waals surface area contributed by atoms with Gasteiger partial charge in [-0.3, -0.25) is 10.1 Å². The van der Waals surface area contributed by atoms with Gasteiger partial charge in [0.25, 0.3) is 0 Å². The van der Waals surface area contributed by atoms with Crippen LogP contribution in [0.5, 0.6) is 5.75 Å². The highest BCUT2D eigenvalue weighted by Crippen LogP contribution is 2.36. The van der Waals surface area contributed by atoms with Gasteiger partial charge in [-0.1, -0.05) is 23.7 Å². The molecule has 0 bridgehead atoms. The average Bonchev–Trinajstić information content (AvgIpc) is 2.38. The third-order valence-corrected chi connectivity index (χ3v) is 3.10. The van der Waals surface area contributed by atoms with Gasteiger partial charge in [-0.25, -0.2) is 0 Å². The molecule has 2 rings (SSSR count). The summed E-state index contributed by atoms with van der Waals surface area (Å²) in [5.74, 6) is 0.602. The largest absolute Gasteiger partial charge is 0.495 e. The maximum absolute atomic E-state index is 11.1. The van der Waals surface area contributed by atoms with Crippen molar-refractivity contribution < 1.29 is 9.66 Å². The zero-order valence-corrected chi connectivity index (χ0v) is 11.8. The van der Waals surface area contributed by atoms with E-state index < -0.39 is 4.92 Å². The number of para-hydroxylation sites is 1. The van der Waals surface area contributed by atoms with Crippen molar-refractivity contribution in [3.05, 3.63) is 57.1 Å². The van der Waals surface area contributed by atoms with Crippen LogP contribution in [0.1, 0.15) is 5.56 Å². The zero-order valence-electron chi connectivity index (χ0n) is 11.0. The topological polar surface area (TPSA) is 64.4 Å². The van der Waals surface area contributed by atoms with Gasteiger partial charge in [0.1, 0.15) is 16.5 Å². The van der Waals surface area contributed by atoms with Crippen LogP contribution in [0.25, 0.3) is 0 Å². The number of methoxy groups -OCH3 is 1. The molecule has 0 atom stereocenters. The molecule has 104 valence electrons. The van der Waals surface area contributed by atoms with Crippen LogP contribution in [-0.2, 0) is 0 Å². The summed E-state index contributed by atoms with van der Waals surface area (Å²) in [6.07, 6.45) is 0. The number of anilines is 2. The van der Waals surface area contributed by atoms with Crippen LogP contribution >= 0.6 is 11.6 Å². The molecule has 0 aliphatic carbocycles. The molecule has 0 aliphatic heterocycles. The Bertz CT molecular complexity index is 659. The molecule has 0 saturated carbocycles. The van der Waals surface area contributed by atoms with Crippen LogP contribution in [0, 0.1) is 17.0 Å². The summed E-state index contributed by atoms with van der Waals surface area (Å²) in [4.78, 5) is 10.6. The molecule has 2 aromatic rings. The van der Waals surface area contributed by atoms with E-state index in [1.165, 1.54) is 6.07 Å². The molecule has 0 saturated heterocycles. The highest BCUT2D eigenvalue weighted by atomic mass is 35.5. The number of hydrogen-bond acceptors (Lipinski definition) is 4. The molecule has 5 nitrogen and oxygen atoms in total. The Morgan fingerprint density at radius 3 is 2.65 bits per heavy atom. The molecule has 0 aliphatic rings. The molecule has 0 unspecified atom stereocenters. The third kappa shape index (κ3) is 2.83. The number of nitro groups is 1. The minimum Gasteiger partial charge on any atom is -0.495 e. The second-order valence-corrected chi connectivity index (χ2v) is 4.63. The van der Waals surface area contributed by atoms with Gasteiger partial charge in [-0.15, -0.1) is 0 Å². The Balaban J connectivity index is 2.48. The number of nitrogens with zero attached hydrogens (tertiary/aromatic N) is 1. The number of nitrogens with one attached hydrogen (secondary N) is 1. The maximum atomic E-state index is 11.1. The summed E-state index contributed by atoms with van der Waals surface area (Å²) in [5, 5.41) is 14.2. The van der Waals surface area contributed by atoms with Crippen molar-refractivity contribution in [3.8, 4) is 5.75 Å². The number of aryl methyl sites for hydroxylation is 1. The second kappa shape index (κ2) is 5.79. The molecule has 20 heavy (non-hydrogen) atoms. The Hall–Kier alpha value is -2.27. The van der Waals surface area contributed by atoms with Crippen molar-refractivity contribution in [2.24, 2.45) is 0 Å². The van der Waals surface area contributed by atoms with Crippen LogP contribution in [0.2, 0.25) is 5.02 Å². The highest BCUT2D eigenvalue weighted by molar-refractivity contribution is 6.33. The first-order valence-electron chi connectivity index (χ1n) is 5.87. The summed E-state index contributed by atoms with van der Waals surface area (Å²) < 4.78 is 5.24. The molecule has 1 N–H and O–H groups in total. The summed E-state index contributed by atoms with van der Waals surface area (Å²) >= 11 is 5.88. The lowest BCUT2D eigenvalue weighted by Gasteiger charge is -2.12. The number of rotatable bonds is 4. The van der Waals surface area contributed by atoms with E-state index in [-0.39, 0.29) is 10.7 Å². The SMILES string of the molecule is COc1ccc(C)cc1Nc1cccc(Cl)c1[N+](=O)[O-]. The van der Waals surface area contributed by atoms with E-state index in [9.17, 15) is 10.1 Å². The van der Waals surface area contributed by atoms with E-state index in [4.69, 9.17) is 16.3 Å². The van der Waals surface area contributed by atoms with Gasteiger partial charge in [0.15, 0.2) is 0 Å². The Morgan fingerprint density at radius 2 is 2.00 bits per heavy atom. The van der Waals surface area contributed by atoms with Crippen LogP contribution in [0.3, 0.4) is 0 Å². The van der Waals surface area contributed by atoms with Gasteiger partial charge in [0.2, 0.25) is 0 Å². The fourth-order valence-electron chi connectivity index (χ4n) is 1.87. The second-order valence-electron chi connectivity index (χ2n) is 4.22. The quantitative estimate of drug-likeness (QED) is 0.673. The van der Waals surface area contributed by atoms with E-state index in [2.05, 4.69) is 5.32 Å². The predicted octanol–water partition coefficient (Wildman–Crippen LogP) is 4.31. The lowest BCUT2D eigenvalue weighted by Crippen LogP contribution is -1.99. The fourth-order valence-corrected chi connectivity index (χ4v) is 2.11. The van der Waals surface area contributed by atoms with E-state index >= 15 is 0 Å². The number of nitro benzene ring substituents is 1. The smallest absolute Gasteiger partial charge is 0.311 e. The molecule has 0 aromatic heterocycles. The zero-order chi connectivity index (χ0) is 14.7. The monoisotopic (exact) mass is 292 g/mol. The Labute approximate surface area is 121 Å². The van der Waals surface area contributed by atoms with Crippen molar-refractivity contribution in [2.75, 3.05) is 12.4 Å². The third-order valence-electron chi connectivity index (χ3n) is 2.79. The molecular weight excluding hydrogens is 280 g/mol. The minimum atomic E-state index is -0.507. The summed E-state index contributed by atoms with van der Waals surface area (Å²) in [6, 6.07) is 10.3. The van der Waals surface area contributed by atoms with Crippen LogP contribution in [0.4, 0.5) is 17.1 Å². The van der Waals surface area contributed by atoms with Gasteiger partial charge in [0.05, 0.1) is 17.7 Å². The number of hydrogen-bond donors (Lipinski definition) is 1. The summed E-state index contributed by atoms with van der Waals surface area (Å²) in [5.41, 5.74) is 1.83. The van der Waals surface area contributed by atoms with E-state index in [0.717, 1.165) is 5.56 Å². The lowest BCUT2D eigenvalue weighted by atomic mass is 10.2. The lowest BCUT2D eigenvalue weighted by molar-refractivity contribution is -0.383. The summed E-state index contributed by atoms with van der Waals surface area (Å²) in [7, 11) is 1.54. The number of ether oxygens (including phenoxy) is 1. The van der Waals surface area contributed by atoms with Crippen molar-refractivity contribution in [1.82, 2.24) is 0 Å². The van der Waals surface area contributed by atoms with Gasteiger partial charge < -0.3 is 10.1 Å². The first kappa shape index (κ1) is 14.1. The fraction of sp³-hybridized carbons (Fsp3) is 0.143. The Kier molecular flexibility index (Phi) is 4.10. The van der Waals surface area contributed by atoms with E-state index in [0.29, 0.717) is 17.1 Å². The van der Waals surface area contributed by atoms with Crippen molar-refractivity contribution in [1.29, 1.82) is 0 Å². The van der Waals surface area contributed by atoms with Crippen molar-refractivity contribution in [3.63, 3.8) is 0 Å². The molecule has 0 amide bonds. The average molecular weight is 293 g/mol. The van der Waals surface area contributed by atoms with Crippen LogP contribution < -0.4 is 10.1 Å². The molecule has 0 heterocycles.